The quantitative estimate of drug-likeness (QED) is 0.617. The van der Waals surface area contributed by atoms with Crippen molar-refractivity contribution in [2.75, 3.05) is 31.1 Å². The molecular formula is C13H17N3O4. The molecule has 20 heavy (non-hydrogen) atoms. The predicted molar refractivity (Wildman–Crippen MR) is 74.0 cm³/mol. The van der Waals surface area contributed by atoms with Crippen LogP contribution in [-0.4, -0.2) is 42.2 Å². The number of aliphatic hydroxyl groups excluding tert-OH is 1. The molecule has 0 spiro atoms. The molecular weight excluding hydrogens is 262 g/mol. The first-order valence-electron chi connectivity index (χ1n) is 6.56. The van der Waals surface area contributed by atoms with Crippen LogP contribution in [0.25, 0.3) is 0 Å². The van der Waals surface area contributed by atoms with E-state index in [0.717, 1.165) is 25.9 Å². The van der Waals surface area contributed by atoms with Crippen LogP contribution in [0.3, 0.4) is 0 Å². The van der Waals surface area contributed by atoms with E-state index in [1.165, 1.54) is 6.07 Å². The summed E-state index contributed by atoms with van der Waals surface area (Å²) in [6.45, 7) is 1.56. The lowest BCUT2D eigenvalue weighted by atomic mass is 10.1. The minimum atomic E-state index is -0.462. The molecule has 2 rings (SSSR count). The molecule has 0 aliphatic carbocycles. The van der Waals surface area contributed by atoms with Gasteiger partial charge in [-0.2, -0.15) is 0 Å². The second-order valence-electron chi connectivity index (χ2n) is 4.63. The number of nitro benzene ring substituents is 1. The van der Waals surface area contributed by atoms with E-state index in [-0.39, 0.29) is 24.4 Å². The normalized spacial score (nSPS) is 14.3. The predicted octanol–water partition coefficient (Wildman–Crippen LogP) is 0.917. The maximum Gasteiger partial charge on any atom is 0.293 e. The molecule has 1 aliphatic rings. The van der Waals surface area contributed by atoms with Crippen molar-refractivity contribution in [3.63, 3.8) is 0 Å². The third-order valence-electron chi connectivity index (χ3n) is 3.28. The molecule has 0 aromatic heterocycles. The lowest BCUT2D eigenvalue weighted by Crippen LogP contribution is -2.26. The van der Waals surface area contributed by atoms with Crippen molar-refractivity contribution in [3.8, 4) is 0 Å². The van der Waals surface area contributed by atoms with Gasteiger partial charge in [-0.15, -0.1) is 0 Å². The molecule has 0 unspecified atom stereocenters. The second kappa shape index (κ2) is 6.33. The minimum Gasteiger partial charge on any atom is -0.395 e. The van der Waals surface area contributed by atoms with Gasteiger partial charge in [0.2, 0.25) is 0 Å². The highest BCUT2D eigenvalue weighted by Crippen LogP contribution is 2.31. The zero-order chi connectivity index (χ0) is 14.5. The van der Waals surface area contributed by atoms with Crippen LogP contribution >= 0.6 is 0 Å². The first-order chi connectivity index (χ1) is 9.63. The van der Waals surface area contributed by atoms with Crippen LogP contribution < -0.4 is 10.2 Å². The monoisotopic (exact) mass is 279 g/mol. The van der Waals surface area contributed by atoms with Crippen LogP contribution in [0.15, 0.2) is 18.2 Å². The zero-order valence-corrected chi connectivity index (χ0v) is 11.0. The summed E-state index contributed by atoms with van der Waals surface area (Å²) in [6.07, 6.45) is 2.05. The molecule has 1 aromatic rings. The third kappa shape index (κ3) is 3.05. The van der Waals surface area contributed by atoms with Crippen LogP contribution in [0.2, 0.25) is 0 Å². The molecule has 7 nitrogen and oxygen atoms in total. The standard InChI is InChI=1S/C13H17N3O4/c17-8-5-14-13(18)10-3-4-11(12(9-10)16(19)20)15-6-1-2-7-15/h3-4,9,17H,1-2,5-8H2,(H,14,18). The number of benzene rings is 1. The SMILES string of the molecule is O=C(NCCO)c1ccc(N2CCCC2)c([N+](=O)[O-])c1. The van der Waals surface area contributed by atoms with Gasteiger partial charge >= 0.3 is 0 Å². The Morgan fingerprint density at radius 1 is 1.40 bits per heavy atom. The van der Waals surface area contributed by atoms with Crippen molar-refractivity contribution >= 4 is 17.3 Å². The topological polar surface area (TPSA) is 95.7 Å². The maximum atomic E-state index is 11.8. The fraction of sp³-hybridized carbons (Fsp3) is 0.462. The summed E-state index contributed by atoms with van der Waals surface area (Å²) < 4.78 is 0. The molecule has 7 heteroatoms. The van der Waals surface area contributed by atoms with Crippen LogP contribution in [0.5, 0.6) is 0 Å². The number of hydrogen-bond donors (Lipinski definition) is 2. The summed E-state index contributed by atoms with van der Waals surface area (Å²) in [5.41, 5.74) is 0.739. The van der Waals surface area contributed by atoms with Crippen LogP contribution in [0, 0.1) is 10.1 Å². The summed E-state index contributed by atoms with van der Waals surface area (Å²) >= 11 is 0. The van der Waals surface area contributed by atoms with Crippen molar-refractivity contribution in [2.45, 2.75) is 12.8 Å². The number of hydrogen-bond acceptors (Lipinski definition) is 5. The van der Waals surface area contributed by atoms with E-state index in [4.69, 9.17) is 5.11 Å². The molecule has 2 N–H and O–H groups in total. The molecule has 1 saturated heterocycles. The number of carbonyl (C=O) groups excluding carboxylic acids is 1. The second-order valence-corrected chi connectivity index (χ2v) is 4.63. The number of nitrogens with zero attached hydrogens (tertiary/aromatic N) is 2. The summed E-state index contributed by atoms with van der Waals surface area (Å²) in [5.74, 6) is -0.421. The molecule has 0 bridgehead atoms. The van der Waals surface area contributed by atoms with Gasteiger partial charge < -0.3 is 15.3 Å². The highest BCUT2D eigenvalue weighted by atomic mass is 16.6. The number of carbonyl (C=O) groups is 1. The van der Waals surface area contributed by atoms with Crippen LogP contribution in [0.4, 0.5) is 11.4 Å². The van der Waals surface area contributed by atoms with Crippen molar-refractivity contribution in [1.82, 2.24) is 5.32 Å². The van der Waals surface area contributed by atoms with Gasteiger partial charge in [-0.25, -0.2) is 0 Å². The van der Waals surface area contributed by atoms with E-state index < -0.39 is 10.8 Å². The Kier molecular flexibility index (Phi) is 4.52. The fourth-order valence-corrected chi connectivity index (χ4v) is 2.31. The summed E-state index contributed by atoms with van der Waals surface area (Å²) in [7, 11) is 0. The first kappa shape index (κ1) is 14.3. The van der Waals surface area contributed by atoms with Crippen molar-refractivity contribution in [3.05, 3.63) is 33.9 Å². The average molecular weight is 279 g/mol. The van der Waals surface area contributed by atoms with Gasteiger partial charge in [-0.1, -0.05) is 0 Å². The molecule has 0 saturated carbocycles. The fourth-order valence-electron chi connectivity index (χ4n) is 2.31. The Bertz CT molecular complexity index is 512. The number of nitro groups is 1. The number of aliphatic hydroxyl groups is 1. The molecule has 1 amide bonds. The minimum absolute atomic E-state index is 0.0523. The van der Waals surface area contributed by atoms with E-state index in [1.54, 1.807) is 12.1 Å². The third-order valence-corrected chi connectivity index (χ3v) is 3.28. The first-order valence-corrected chi connectivity index (χ1v) is 6.56. The van der Waals surface area contributed by atoms with Gasteiger partial charge in [-0.3, -0.25) is 14.9 Å². The number of amides is 1. The molecule has 1 aromatic carbocycles. The van der Waals surface area contributed by atoms with Gasteiger partial charge in [0, 0.05) is 31.3 Å². The molecule has 108 valence electrons. The Morgan fingerprint density at radius 3 is 2.70 bits per heavy atom. The Morgan fingerprint density at radius 2 is 2.10 bits per heavy atom. The smallest absolute Gasteiger partial charge is 0.293 e. The van der Waals surface area contributed by atoms with E-state index in [0.29, 0.717) is 5.69 Å². The molecule has 0 atom stereocenters. The van der Waals surface area contributed by atoms with Crippen LogP contribution in [0.1, 0.15) is 23.2 Å². The maximum absolute atomic E-state index is 11.8. The van der Waals surface area contributed by atoms with Gasteiger partial charge in [-0.05, 0) is 25.0 Å². The van der Waals surface area contributed by atoms with Gasteiger partial charge in [0.1, 0.15) is 5.69 Å². The van der Waals surface area contributed by atoms with E-state index >= 15 is 0 Å². The Balaban J connectivity index is 2.27. The average Bonchev–Trinajstić information content (AvgIpc) is 2.98. The number of nitrogens with one attached hydrogen (secondary N) is 1. The van der Waals surface area contributed by atoms with Crippen molar-refractivity contribution < 1.29 is 14.8 Å². The molecule has 0 radical (unpaired) electrons. The van der Waals surface area contributed by atoms with Gasteiger partial charge in [0.25, 0.3) is 11.6 Å². The van der Waals surface area contributed by atoms with E-state index in [1.807, 2.05) is 4.90 Å². The zero-order valence-electron chi connectivity index (χ0n) is 11.0. The number of anilines is 1. The van der Waals surface area contributed by atoms with Crippen molar-refractivity contribution in [1.29, 1.82) is 0 Å². The summed E-state index contributed by atoms with van der Waals surface area (Å²) in [5, 5.41) is 22.3. The largest absolute Gasteiger partial charge is 0.395 e. The molecule has 1 heterocycles. The highest BCUT2D eigenvalue weighted by Gasteiger charge is 2.23. The van der Waals surface area contributed by atoms with Crippen LogP contribution in [-0.2, 0) is 0 Å². The summed E-state index contributed by atoms with van der Waals surface area (Å²) in [6, 6.07) is 4.49. The highest BCUT2D eigenvalue weighted by molar-refractivity contribution is 5.95. The molecule has 1 fully saturated rings. The van der Waals surface area contributed by atoms with Gasteiger partial charge in [0.15, 0.2) is 0 Å². The lowest BCUT2D eigenvalue weighted by Gasteiger charge is -2.17. The molecule has 1 aliphatic heterocycles. The Labute approximate surface area is 116 Å². The number of rotatable bonds is 5. The Hall–Kier alpha value is -2.15. The lowest BCUT2D eigenvalue weighted by molar-refractivity contribution is -0.384. The summed E-state index contributed by atoms with van der Waals surface area (Å²) in [4.78, 5) is 24.4. The van der Waals surface area contributed by atoms with E-state index in [2.05, 4.69) is 5.32 Å². The van der Waals surface area contributed by atoms with Crippen molar-refractivity contribution in [2.24, 2.45) is 0 Å². The van der Waals surface area contributed by atoms with Gasteiger partial charge in [0.05, 0.1) is 11.5 Å². The van der Waals surface area contributed by atoms with E-state index in [9.17, 15) is 14.9 Å².